The summed E-state index contributed by atoms with van der Waals surface area (Å²) in [6.07, 6.45) is 2.00. The molecule has 4 heteroatoms. The van der Waals surface area contributed by atoms with E-state index in [1.807, 2.05) is 6.07 Å². The van der Waals surface area contributed by atoms with Crippen molar-refractivity contribution in [3.05, 3.63) is 64.7 Å². The second kappa shape index (κ2) is 6.03. The van der Waals surface area contributed by atoms with Gasteiger partial charge in [-0.05, 0) is 43.0 Å². The predicted molar refractivity (Wildman–Crippen MR) is 97.8 cm³/mol. The number of carbonyl (C=O) groups is 1. The smallest absolute Gasteiger partial charge is 0.240 e. The number of ether oxygens (including phenoxy) is 1. The number of carbonyl (C=O) groups excluding carboxylic acids is 1. The lowest BCUT2D eigenvalue weighted by atomic mass is 9.77. The summed E-state index contributed by atoms with van der Waals surface area (Å²) >= 11 is 0. The van der Waals surface area contributed by atoms with Crippen molar-refractivity contribution in [2.75, 3.05) is 7.11 Å². The quantitative estimate of drug-likeness (QED) is 0.836. The number of fused-ring (bicyclic) bond motifs is 3. The maximum absolute atomic E-state index is 12.3. The van der Waals surface area contributed by atoms with Gasteiger partial charge < -0.3 is 4.74 Å². The minimum Gasteiger partial charge on any atom is -0.497 e. The molecule has 0 N–H and O–H groups in total. The molecular weight excluding hydrogens is 312 g/mol. The maximum Gasteiger partial charge on any atom is 0.240 e. The van der Waals surface area contributed by atoms with Crippen molar-refractivity contribution in [2.24, 2.45) is 11.0 Å². The van der Waals surface area contributed by atoms with Crippen LogP contribution in [0.5, 0.6) is 5.75 Å². The van der Waals surface area contributed by atoms with Crippen molar-refractivity contribution >= 4 is 11.6 Å². The summed E-state index contributed by atoms with van der Waals surface area (Å²) in [5.41, 5.74) is 5.79. The molecule has 4 nitrogen and oxygen atoms in total. The van der Waals surface area contributed by atoms with Crippen molar-refractivity contribution in [2.45, 2.75) is 32.7 Å². The number of hydrogen-bond donors (Lipinski definition) is 0. The number of hydrazone groups is 1. The molecule has 0 spiro atoms. The van der Waals surface area contributed by atoms with Crippen LogP contribution in [-0.4, -0.2) is 23.7 Å². The van der Waals surface area contributed by atoms with Crippen LogP contribution in [0, 0.1) is 12.8 Å². The van der Waals surface area contributed by atoms with Crippen molar-refractivity contribution in [1.82, 2.24) is 5.01 Å². The van der Waals surface area contributed by atoms with E-state index in [9.17, 15) is 4.79 Å². The van der Waals surface area contributed by atoms with E-state index in [2.05, 4.69) is 43.3 Å². The Labute approximate surface area is 148 Å². The Hall–Kier alpha value is -2.62. The maximum atomic E-state index is 12.3. The number of methoxy groups -OCH3 is 1. The van der Waals surface area contributed by atoms with Gasteiger partial charge in [0.1, 0.15) is 5.75 Å². The largest absolute Gasteiger partial charge is 0.497 e. The number of aryl methyl sites for hydroxylation is 2. The van der Waals surface area contributed by atoms with Gasteiger partial charge in [-0.15, -0.1) is 0 Å². The van der Waals surface area contributed by atoms with E-state index in [1.54, 1.807) is 19.0 Å². The van der Waals surface area contributed by atoms with Gasteiger partial charge in [0.15, 0.2) is 0 Å². The van der Waals surface area contributed by atoms with Crippen LogP contribution in [0.1, 0.15) is 41.6 Å². The van der Waals surface area contributed by atoms with Crippen molar-refractivity contribution in [3.8, 4) is 5.75 Å². The molecule has 0 fully saturated rings. The Morgan fingerprint density at radius 2 is 1.96 bits per heavy atom. The van der Waals surface area contributed by atoms with Crippen molar-refractivity contribution in [1.29, 1.82) is 0 Å². The molecule has 2 aromatic carbocycles. The lowest BCUT2D eigenvalue weighted by Crippen LogP contribution is -2.31. The topological polar surface area (TPSA) is 41.9 Å². The van der Waals surface area contributed by atoms with Crippen LogP contribution in [0.2, 0.25) is 0 Å². The number of amides is 1. The van der Waals surface area contributed by atoms with Gasteiger partial charge in [0, 0.05) is 18.4 Å². The van der Waals surface area contributed by atoms with Gasteiger partial charge in [0.2, 0.25) is 5.91 Å². The van der Waals surface area contributed by atoms with Crippen molar-refractivity contribution < 1.29 is 9.53 Å². The average molecular weight is 334 g/mol. The van der Waals surface area contributed by atoms with Gasteiger partial charge in [0.25, 0.3) is 0 Å². The zero-order valence-corrected chi connectivity index (χ0v) is 14.8. The van der Waals surface area contributed by atoms with E-state index < -0.39 is 0 Å². The fourth-order valence-corrected chi connectivity index (χ4v) is 3.97. The second-order valence-electron chi connectivity index (χ2n) is 6.87. The highest BCUT2D eigenvalue weighted by atomic mass is 16.5. The van der Waals surface area contributed by atoms with Gasteiger partial charge in [0.05, 0.1) is 18.9 Å². The van der Waals surface area contributed by atoms with E-state index >= 15 is 0 Å². The Kier molecular flexibility index (Phi) is 3.83. The fraction of sp³-hybridized carbons (Fsp3) is 0.333. The second-order valence-corrected chi connectivity index (χ2v) is 6.87. The first-order chi connectivity index (χ1) is 12.1. The van der Waals surface area contributed by atoms with Crippen molar-refractivity contribution in [3.63, 3.8) is 0 Å². The molecule has 1 heterocycles. The molecule has 2 aliphatic rings. The lowest BCUT2D eigenvalue weighted by molar-refractivity contribution is -0.131. The highest BCUT2D eigenvalue weighted by Crippen LogP contribution is 2.43. The molecule has 1 aliphatic carbocycles. The zero-order valence-electron chi connectivity index (χ0n) is 14.8. The molecule has 0 aromatic heterocycles. The summed E-state index contributed by atoms with van der Waals surface area (Å²) in [5.74, 6) is 1.04. The molecule has 0 radical (unpaired) electrons. The lowest BCUT2D eigenvalue weighted by Gasteiger charge is -2.29. The molecule has 2 atom stereocenters. The van der Waals surface area contributed by atoms with Crippen LogP contribution in [0.3, 0.4) is 0 Å². The van der Waals surface area contributed by atoms with E-state index in [-0.39, 0.29) is 17.9 Å². The molecule has 2 unspecified atom stereocenters. The number of rotatable bonds is 2. The zero-order chi connectivity index (χ0) is 17.6. The molecule has 0 saturated carbocycles. The summed E-state index contributed by atoms with van der Waals surface area (Å²) < 4.78 is 5.39. The number of benzene rings is 2. The van der Waals surface area contributed by atoms with Crippen LogP contribution in [0.4, 0.5) is 0 Å². The Bertz CT molecular complexity index is 855. The molecule has 1 amide bonds. The van der Waals surface area contributed by atoms with E-state index in [1.165, 1.54) is 11.1 Å². The molecular formula is C21H22N2O2. The van der Waals surface area contributed by atoms with Gasteiger partial charge in [-0.25, -0.2) is 5.01 Å². The first kappa shape index (κ1) is 15.9. The highest BCUT2D eigenvalue weighted by molar-refractivity contribution is 6.07. The number of nitrogens with zero attached hydrogens (tertiary/aromatic N) is 2. The van der Waals surface area contributed by atoms with E-state index in [4.69, 9.17) is 9.84 Å². The Balaban J connectivity index is 1.80. The SMILES string of the molecule is COc1ccc2c(c1)C1=NN(C(C)=O)C(c3ccc(C)cc3)C1CC2. The molecule has 128 valence electrons. The highest BCUT2D eigenvalue weighted by Gasteiger charge is 2.43. The third-order valence-electron chi connectivity index (χ3n) is 5.27. The minimum absolute atomic E-state index is 0.0167. The van der Waals surface area contributed by atoms with E-state index in [0.717, 1.165) is 35.4 Å². The summed E-state index contributed by atoms with van der Waals surface area (Å²) in [7, 11) is 1.68. The van der Waals surface area contributed by atoms with Gasteiger partial charge >= 0.3 is 0 Å². The third-order valence-corrected chi connectivity index (χ3v) is 5.27. The van der Waals surface area contributed by atoms with Gasteiger partial charge in [-0.1, -0.05) is 35.9 Å². The van der Waals surface area contributed by atoms with Crippen LogP contribution in [0.15, 0.2) is 47.6 Å². The third kappa shape index (κ3) is 2.62. The normalized spacial score (nSPS) is 21.4. The van der Waals surface area contributed by atoms with E-state index in [0.29, 0.717) is 0 Å². The molecule has 0 saturated heterocycles. The van der Waals surface area contributed by atoms with Crippen LogP contribution in [-0.2, 0) is 11.2 Å². The average Bonchev–Trinajstić information content (AvgIpc) is 3.02. The van der Waals surface area contributed by atoms with Gasteiger partial charge in [-0.3, -0.25) is 4.79 Å². The summed E-state index contributed by atoms with van der Waals surface area (Å²) in [4.78, 5) is 12.3. The van der Waals surface area contributed by atoms with Crippen LogP contribution < -0.4 is 4.74 Å². The summed E-state index contributed by atoms with van der Waals surface area (Å²) in [5, 5.41) is 6.42. The van der Waals surface area contributed by atoms with Crippen LogP contribution >= 0.6 is 0 Å². The minimum atomic E-state index is -0.0209. The number of hydrogen-bond acceptors (Lipinski definition) is 3. The standard InChI is InChI=1S/C21H22N2O2/c1-13-4-6-16(7-5-13)21-18-11-9-15-8-10-17(25-3)12-19(15)20(18)22-23(21)14(2)24/h4-8,10,12,18,21H,9,11H2,1-3H3. The Morgan fingerprint density at radius 1 is 1.20 bits per heavy atom. The predicted octanol–water partition coefficient (Wildman–Crippen LogP) is 3.87. The summed E-state index contributed by atoms with van der Waals surface area (Å²) in [6, 6.07) is 14.6. The Morgan fingerprint density at radius 3 is 2.64 bits per heavy atom. The molecule has 1 aliphatic heterocycles. The fourth-order valence-electron chi connectivity index (χ4n) is 3.97. The molecule has 0 bridgehead atoms. The first-order valence-corrected chi connectivity index (χ1v) is 8.70. The first-order valence-electron chi connectivity index (χ1n) is 8.70. The molecule has 25 heavy (non-hydrogen) atoms. The monoisotopic (exact) mass is 334 g/mol. The summed E-state index contributed by atoms with van der Waals surface area (Å²) in [6.45, 7) is 3.67. The molecule has 4 rings (SSSR count). The molecule has 2 aromatic rings. The van der Waals surface area contributed by atoms with Crippen LogP contribution in [0.25, 0.3) is 0 Å². The van der Waals surface area contributed by atoms with Gasteiger partial charge in [-0.2, -0.15) is 5.10 Å².